The van der Waals surface area contributed by atoms with Crippen LogP contribution in [0.25, 0.3) is 0 Å². The zero-order valence-corrected chi connectivity index (χ0v) is 20.2. The molecule has 1 heteroatoms. The molecule has 4 aliphatic carbocycles. The maximum Gasteiger partial charge on any atom is 0.0543 e. The van der Waals surface area contributed by atoms with Gasteiger partial charge in [-0.3, -0.25) is 0 Å². The number of hydrogen-bond acceptors (Lipinski definition) is 1. The van der Waals surface area contributed by atoms with Gasteiger partial charge in [0.1, 0.15) is 0 Å². The molecule has 0 radical (unpaired) electrons. The summed E-state index contributed by atoms with van der Waals surface area (Å²) in [6.07, 6.45) is 17.1. The van der Waals surface area contributed by atoms with Crippen LogP contribution in [0.2, 0.25) is 0 Å². The molecule has 4 saturated carbocycles. The van der Waals surface area contributed by atoms with Crippen LogP contribution in [0.15, 0.2) is 12.2 Å². The summed E-state index contributed by atoms with van der Waals surface area (Å²) in [7, 11) is 0. The standard InChI is InChI=1S/C28H48O/c1-18(2)19(3)7-8-20(4)24-11-12-25-23-10-9-21-17-22(29)13-15-27(21,5)26(23)14-16-28(24,25)6/h7-8,18-26,29H,9-17H2,1-6H3/t19-,20+,21?,22-,23?,24?,25?,26?,27-,28+/m0/s1. The third-order valence-electron chi connectivity index (χ3n) is 11.1. The molecule has 0 aromatic carbocycles. The minimum absolute atomic E-state index is 0.0183. The van der Waals surface area contributed by atoms with Gasteiger partial charge in [0.15, 0.2) is 0 Å². The van der Waals surface area contributed by atoms with Crippen molar-refractivity contribution in [2.75, 3.05) is 0 Å². The molecule has 0 saturated heterocycles. The Kier molecular flexibility index (Phi) is 6.04. The Balaban J connectivity index is 1.50. The Bertz CT molecular complexity index is 607. The van der Waals surface area contributed by atoms with Crippen LogP contribution in [0, 0.1) is 58.2 Å². The monoisotopic (exact) mass is 400 g/mol. The third kappa shape index (κ3) is 3.66. The Morgan fingerprint density at radius 2 is 1.48 bits per heavy atom. The smallest absolute Gasteiger partial charge is 0.0543 e. The molecular weight excluding hydrogens is 352 g/mol. The van der Waals surface area contributed by atoms with Crippen LogP contribution in [-0.4, -0.2) is 11.2 Å². The molecule has 0 aromatic rings. The number of rotatable bonds is 4. The average molecular weight is 401 g/mol. The molecule has 29 heavy (non-hydrogen) atoms. The molecule has 0 spiro atoms. The highest BCUT2D eigenvalue weighted by atomic mass is 16.3. The van der Waals surface area contributed by atoms with E-state index in [-0.39, 0.29) is 6.10 Å². The Morgan fingerprint density at radius 1 is 0.793 bits per heavy atom. The first kappa shape index (κ1) is 21.9. The van der Waals surface area contributed by atoms with Gasteiger partial charge in [-0.2, -0.15) is 0 Å². The van der Waals surface area contributed by atoms with Gasteiger partial charge in [0.25, 0.3) is 0 Å². The Hall–Kier alpha value is -0.300. The largest absolute Gasteiger partial charge is 0.393 e. The van der Waals surface area contributed by atoms with Crippen molar-refractivity contribution < 1.29 is 5.11 Å². The van der Waals surface area contributed by atoms with Crippen LogP contribution in [-0.2, 0) is 0 Å². The third-order valence-corrected chi connectivity index (χ3v) is 11.1. The van der Waals surface area contributed by atoms with Crippen LogP contribution in [0.5, 0.6) is 0 Å². The average Bonchev–Trinajstić information content (AvgIpc) is 3.03. The van der Waals surface area contributed by atoms with Crippen molar-refractivity contribution in [2.24, 2.45) is 58.2 Å². The molecule has 4 aliphatic rings. The van der Waals surface area contributed by atoms with Crippen molar-refractivity contribution in [3.05, 3.63) is 12.2 Å². The number of aliphatic hydroxyl groups is 1. The lowest BCUT2D eigenvalue weighted by Gasteiger charge is -2.61. The lowest BCUT2D eigenvalue weighted by Crippen LogP contribution is -2.54. The van der Waals surface area contributed by atoms with Gasteiger partial charge in [0.2, 0.25) is 0 Å². The summed E-state index contributed by atoms with van der Waals surface area (Å²) in [4.78, 5) is 0. The van der Waals surface area contributed by atoms with Crippen molar-refractivity contribution in [3.63, 3.8) is 0 Å². The van der Waals surface area contributed by atoms with Gasteiger partial charge in [-0.15, -0.1) is 0 Å². The first-order valence-electron chi connectivity index (χ1n) is 13.0. The first-order chi connectivity index (χ1) is 13.7. The molecule has 1 N–H and O–H groups in total. The van der Waals surface area contributed by atoms with E-state index in [1.807, 2.05) is 0 Å². The van der Waals surface area contributed by atoms with Crippen LogP contribution < -0.4 is 0 Å². The SMILES string of the molecule is CC(C)[C@@H](C)C=C[C@@H](C)C1CCC2C3CCC4C[C@@H](O)CC[C@]4(C)C3CC[C@@]21C. The van der Waals surface area contributed by atoms with E-state index < -0.39 is 0 Å². The first-order valence-corrected chi connectivity index (χ1v) is 13.0. The summed E-state index contributed by atoms with van der Waals surface area (Å²) < 4.78 is 0. The van der Waals surface area contributed by atoms with Gasteiger partial charge >= 0.3 is 0 Å². The van der Waals surface area contributed by atoms with Gasteiger partial charge in [-0.1, -0.05) is 53.7 Å². The second-order valence-corrected chi connectivity index (χ2v) is 12.7. The molecule has 0 aromatic heterocycles. The highest BCUT2D eigenvalue weighted by Crippen LogP contribution is 2.68. The second kappa shape index (κ2) is 7.99. The molecule has 1 nitrogen and oxygen atoms in total. The van der Waals surface area contributed by atoms with Crippen LogP contribution in [0.4, 0.5) is 0 Å². The summed E-state index contributed by atoms with van der Waals surface area (Å²) in [5.41, 5.74) is 1.07. The van der Waals surface area contributed by atoms with E-state index in [1.54, 1.807) is 0 Å². The summed E-state index contributed by atoms with van der Waals surface area (Å²) in [6, 6.07) is 0. The molecule has 166 valence electrons. The topological polar surface area (TPSA) is 20.2 Å². The van der Waals surface area contributed by atoms with E-state index >= 15 is 0 Å². The van der Waals surface area contributed by atoms with E-state index in [0.717, 1.165) is 54.3 Å². The summed E-state index contributed by atoms with van der Waals surface area (Å²) >= 11 is 0. The minimum atomic E-state index is -0.0183. The van der Waals surface area contributed by atoms with Crippen LogP contribution in [0.3, 0.4) is 0 Å². The van der Waals surface area contributed by atoms with Gasteiger partial charge in [0, 0.05) is 0 Å². The molecular formula is C28H48O. The van der Waals surface area contributed by atoms with Crippen molar-refractivity contribution in [3.8, 4) is 0 Å². The van der Waals surface area contributed by atoms with Crippen molar-refractivity contribution in [1.29, 1.82) is 0 Å². The van der Waals surface area contributed by atoms with Crippen LogP contribution >= 0.6 is 0 Å². The summed E-state index contributed by atoms with van der Waals surface area (Å²) in [6.45, 7) is 14.9. The van der Waals surface area contributed by atoms with Gasteiger partial charge in [0.05, 0.1) is 6.10 Å². The molecule has 0 bridgehead atoms. The highest BCUT2D eigenvalue weighted by Gasteiger charge is 2.60. The normalized spacial score (nSPS) is 49.5. The van der Waals surface area contributed by atoms with E-state index in [4.69, 9.17) is 0 Å². The molecule has 5 unspecified atom stereocenters. The molecule has 0 aliphatic heterocycles. The fourth-order valence-corrected chi connectivity index (χ4v) is 8.85. The molecule has 4 fully saturated rings. The fraction of sp³-hybridized carbons (Fsp3) is 0.929. The quantitative estimate of drug-likeness (QED) is 0.485. The highest BCUT2D eigenvalue weighted by molar-refractivity contribution is 5.11. The lowest BCUT2D eigenvalue weighted by atomic mass is 9.44. The Morgan fingerprint density at radius 3 is 2.21 bits per heavy atom. The Labute approximate surface area is 181 Å². The van der Waals surface area contributed by atoms with E-state index in [9.17, 15) is 5.11 Å². The predicted octanol–water partition coefficient (Wildman–Crippen LogP) is 7.49. The molecule has 0 amide bonds. The maximum atomic E-state index is 10.3. The predicted molar refractivity (Wildman–Crippen MR) is 124 cm³/mol. The van der Waals surface area contributed by atoms with Crippen molar-refractivity contribution in [1.82, 2.24) is 0 Å². The van der Waals surface area contributed by atoms with Crippen LogP contribution in [0.1, 0.15) is 99.3 Å². The second-order valence-electron chi connectivity index (χ2n) is 12.7. The molecule has 10 atom stereocenters. The lowest BCUT2D eigenvalue weighted by molar-refractivity contribution is -0.128. The van der Waals surface area contributed by atoms with E-state index in [2.05, 4.69) is 53.7 Å². The zero-order chi connectivity index (χ0) is 21.0. The summed E-state index contributed by atoms with van der Waals surface area (Å²) in [5.74, 6) is 6.66. The minimum Gasteiger partial charge on any atom is -0.393 e. The fourth-order valence-electron chi connectivity index (χ4n) is 8.85. The van der Waals surface area contributed by atoms with Crippen molar-refractivity contribution in [2.45, 2.75) is 105 Å². The van der Waals surface area contributed by atoms with Gasteiger partial charge < -0.3 is 5.11 Å². The van der Waals surface area contributed by atoms with E-state index in [1.165, 1.54) is 44.9 Å². The number of hydrogen-bond donors (Lipinski definition) is 1. The number of aliphatic hydroxyl groups excluding tert-OH is 1. The van der Waals surface area contributed by atoms with E-state index in [0.29, 0.717) is 16.7 Å². The molecule has 4 rings (SSSR count). The van der Waals surface area contributed by atoms with Gasteiger partial charge in [-0.05, 0) is 116 Å². The zero-order valence-electron chi connectivity index (χ0n) is 20.2. The molecule has 0 heterocycles. The number of fused-ring (bicyclic) bond motifs is 5. The van der Waals surface area contributed by atoms with Crippen molar-refractivity contribution >= 4 is 0 Å². The number of allylic oxidation sites excluding steroid dienone is 2. The maximum absolute atomic E-state index is 10.3. The van der Waals surface area contributed by atoms with Gasteiger partial charge in [-0.25, -0.2) is 0 Å². The summed E-state index contributed by atoms with van der Waals surface area (Å²) in [5, 5.41) is 10.3.